The SMILES string of the molecule is CC(C)(N)c1csc(COCC(F)(F)F)n1. The van der Waals surface area contributed by atoms with Crippen molar-refractivity contribution in [3.05, 3.63) is 16.1 Å². The minimum absolute atomic E-state index is 0.139. The Kier molecular flexibility index (Phi) is 3.92. The number of hydrogen-bond acceptors (Lipinski definition) is 4. The maximum Gasteiger partial charge on any atom is 0.411 e. The van der Waals surface area contributed by atoms with E-state index >= 15 is 0 Å². The molecule has 0 aliphatic carbocycles. The van der Waals surface area contributed by atoms with Crippen LogP contribution < -0.4 is 5.73 Å². The number of rotatable bonds is 4. The standard InChI is InChI=1S/C9H13F3N2OS/c1-8(2,13)6-4-16-7(14-6)3-15-5-9(10,11)12/h4H,3,5,13H2,1-2H3. The minimum atomic E-state index is -4.30. The van der Waals surface area contributed by atoms with Crippen molar-refractivity contribution in [1.82, 2.24) is 4.98 Å². The summed E-state index contributed by atoms with van der Waals surface area (Å²) in [6, 6.07) is 0. The summed E-state index contributed by atoms with van der Waals surface area (Å²) in [4.78, 5) is 4.10. The number of nitrogens with zero attached hydrogens (tertiary/aromatic N) is 1. The lowest BCUT2D eigenvalue weighted by Crippen LogP contribution is -2.29. The fourth-order valence-electron chi connectivity index (χ4n) is 0.927. The van der Waals surface area contributed by atoms with Crippen LogP contribution in [0.15, 0.2) is 5.38 Å². The first-order chi connectivity index (χ1) is 7.18. The Morgan fingerprint density at radius 3 is 2.50 bits per heavy atom. The molecule has 0 aromatic carbocycles. The molecule has 0 saturated heterocycles. The first-order valence-electron chi connectivity index (χ1n) is 4.57. The van der Waals surface area contributed by atoms with Gasteiger partial charge in [-0.15, -0.1) is 11.3 Å². The third-order valence-electron chi connectivity index (χ3n) is 1.70. The zero-order valence-electron chi connectivity index (χ0n) is 8.97. The number of hydrogen-bond donors (Lipinski definition) is 1. The summed E-state index contributed by atoms with van der Waals surface area (Å²) >= 11 is 1.24. The van der Waals surface area contributed by atoms with Gasteiger partial charge in [0, 0.05) is 5.38 Å². The highest BCUT2D eigenvalue weighted by Crippen LogP contribution is 2.21. The molecule has 1 aromatic rings. The van der Waals surface area contributed by atoms with Gasteiger partial charge in [0.2, 0.25) is 0 Å². The Balaban J connectivity index is 2.48. The van der Waals surface area contributed by atoms with Gasteiger partial charge < -0.3 is 10.5 Å². The van der Waals surface area contributed by atoms with E-state index in [1.54, 1.807) is 19.2 Å². The Bertz CT molecular complexity index is 343. The quantitative estimate of drug-likeness (QED) is 0.897. The topological polar surface area (TPSA) is 48.1 Å². The average Bonchev–Trinajstić information content (AvgIpc) is 2.49. The number of thiazole rings is 1. The van der Waals surface area contributed by atoms with Crippen molar-refractivity contribution in [3.63, 3.8) is 0 Å². The molecule has 0 fully saturated rings. The third kappa shape index (κ3) is 4.46. The molecule has 7 heteroatoms. The van der Waals surface area contributed by atoms with E-state index in [4.69, 9.17) is 5.73 Å². The molecule has 0 bridgehead atoms. The first kappa shape index (κ1) is 13.4. The van der Waals surface area contributed by atoms with E-state index in [2.05, 4.69) is 9.72 Å². The average molecular weight is 254 g/mol. The predicted molar refractivity (Wildman–Crippen MR) is 55.0 cm³/mol. The molecule has 16 heavy (non-hydrogen) atoms. The lowest BCUT2D eigenvalue weighted by atomic mass is 10.0. The molecule has 0 radical (unpaired) electrons. The van der Waals surface area contributed by atoms with Crippen LogP contribution in [0.3, 0.4) is 0 Å². The molecule has 0 amide bonds. The third-order valence-corrected chi connectivity index (χ3v) is 2.53. The van der Waals surface area contributed by atoms with E-state index in [1.165, 1.54) is 11.3 Å². The molecule has 0 aliphatic rings. The van der Waals surface area contributed by atoms with Crippen LogP contribution in [0.25, 0.3) is 0 Å². The fourth-order valence-corrected chi connectivity index (χ4v) is 1.83. The van der Waals surface area contributed by atoms with Crippen molar-refractivity contribution < 1.29 is 17.9 Å². The molecular formula is C9H13F3N2OS. The molecule has 3 nitrogen and oxygen atoms in total. The fraction of sp³-hybridized carbons (Fsp3) is 0.667. The van der Waals surface area contributed by atoms with E-state index in [9.17, 15) is 13.2 Å². The van der Waals surface area contributed by atoms with Gasteiger partial charge in [0.25, 0.3) is 0 Å². The molecule has 0 spiro atoms. The van der Waals surface area contributed by atoms with Crippen LogP contribution in [-0.4, -0.2) is 17.8 Å². The van der Waals surface area contributed by atoms with Crippen molar-refractivity contribution in [2.75, 3.05) is 6.61 Å². The van der Waals surface area contributed by atoms with Gasteiger partial charge in [-0.2, -0.15) is 13.2 Å². The normalized spacial score (nSPS) is 13.1. The molecule has 2 N–H and O–H groups in total. The second-order valence-electron chi connectivity index (χ2n) is 3.96. The number of halogens is 3. The summed E-state index contributed by atoms with van der Waals surface area (Å²) in [7, 11) is 0. The highest BCUT2D eigenvalue weighted by Gasteiger charge is 2.27. The van der Waals surface area contributed by atoms with Crippen LogP contribution in [0.5, 0.6) is 0 Å². The van der Waals surface area contributed by atoms with Crippen molar-refractivity contribution >= 4 is 11.3 Å². The molecular weight excluding hydrogens is 241 g/mol. The summed E-state index contributed by atoms with van der Waals surface area (Å²) in [5.74, 6) is 0. The maximum atomic E-state index is 11.8. The van der Waals surface area contributed by atoms with E-state index in [0.29, 0.717) is 10.7 Å². The zero-order valence-corrected chi connectivity index (χ0v) is 9.78. The van der Waals surface area contributed by atoms with Crippen molar-refractivity contribution in [3.8, 4) is 0 Å². The van der Waals surface area contributed by atoms with E-state index < -0.39 is 18.3 Å². The molecule has 0 unspecified atom stereocenters. The monoisotopic (exact) mass is 254 g/mol. The molecule has 1 aromatic heterocycles. The van der Waals surface area contributed by atoms with Crippen molar-refractivity contribution in [1.29, 1.82) is 0 Å². The van der Waals surface area contributed by atoms with E-state index in [1.807, 2.05) is 0 Å². The Hall–Kier alpha value is -0.660. The summed E-state index contributed by atoms with van der Waals surface area (Å²) < 4.78 is 39.9. The van der Waals surface area contributed by atoms with Crippen molar-refractivity contribution in [2.24, 2.45) is 5.73 Å². The van der Waals surface area contributed by atoms with E-state index in [0.717, 1.165) is 0 Å². The number of ether oxygens (including phenoxy) is 1. The van der Waals surface area contributed by atoms with Crippen LogP contribution in [-0.2, 0) is 16.9 Å². The Labute approximate surface area is 95.4 Å². The second kappa shape index (κ2) is 4.68. The lowest BCUT2D eigenvalue weighted by molar-refractivity contribution is -0.176. The van der Waals surface area contributed by atoms with Crippen LogP contribution >= 0.6 is 11.3 Å². The first-order valence-corrected chi connectivity index (χ1v) is 5.45. The summed E-state index contributed by atoms with van der Waals surface area (Å²) in [6.07, 6.45) is -4.30. The van der Waals surface area contributed by atoms with Gasteiger partial charge in [-0.1, -0.05) is 0 Å². The highest BCUT2D eigenvalue weighted by molar-refractivity contribution is 7.09. The Morgan fingerprint density at radius 1 is 1.44 bits per heavy atom. The molecule has 92 valence electrons. The zero-order chi connectivity index (χ0) is 12.4. The largest absolute Gasteiger partial charge is 0.411 e. The van der Waals surface area contributed by atoms with Crippen molar-refractivity contribution in [2.45, 2.75) is 32.2 Å². The number of alkyl halides is 3. The van der Waals surface area contributed by atoms with Gasteiger partial charge in [0.1, 0.15) is 11.6 Å². The highest BCUT2D eigenvalue weighted by atomic mass is 32.1. The summed E-state index contributed by atoms with van der Waals surface area (Å²) in [5, 5.41) is 2.23. The molecule has 1 rings (SSSR count). The molecule has 0 atom stereocenters. The predicted octanol–water partition coefficient (Wildman–Crippen LogP) is 2.42. The Morgan fingerprint density at radius 2 is 2.06 bits per heavy atom. The van der Waals surface area contributed by atoms with Gasteiger partial charge >= 0.3 is 6.18 Å². The summed E-state index contributed by atoms with van der Waals surface area (Å²) in [6.45, 7) is 2.17. The maximum absolute atomic E-state index is 11.8. The molecule has 0 saturated carbocycles. The number of aromatic nitrogens is 1. The molecule has 0 aliphatic heterocycles. The minimum Gasteiger partial charge on any atom is -0.365 e. The van der Waals surface area contributed by atoms with Gasteiger partial charge in [0.05, 0.1) is 17.8 Å². The van der Waals surface area contributed by atoms with Gasteiger partial charge in [-0.25, -0.2) is 4.98 Å². The smallest absolute Gasteiger partial charge is 0.365 e. The van der Waals surface area contributed by atoms with Gasteiger partial charge in [-0.3, -0.25) is 0 Å². The number of nitrogens with two attached hydrogens (primary N) is 1. The van der Waals surface area contributed by atoms with E-state index in [-0.39, 0.29) is 6.61 Å². The van der Waals surface area contributed by atoms with Gasteiger partial charge in [0.15, 0.2) is 0 Å². The summed E-state index contributed by atoms with van der Waals surface area (Å²) in [5.41, 5.74) is 5.86. The van der Waals surface area contributed by atoms with Gasteiger partial charge in [-0.05, 0) is 13.8 Å². The lowest BCUT2D eigenvalue weighted by Gasteiger charge is -2.14. The van der Waals surface area contributed by atoms with Crippen LogP contribution in [0, 0.1) is 0 Å². The second-order valence-corrected chi connectivity index (χ2v) is 4.90. The van der Waals surface area contributed by atoms with Crippen LogP contribution in [0.1, 0.15) is 24.5 Å². The van der Waals surface area contributed by atoms with Crippen LogP contribution in [0.4, 0.5) is 13.2 Å². The van der Waals surface area contributed by atoms with Crippen LogP contribution in [0.2, 0.25) is 0 Å². The molecule has 1 heterocycles.